The molecule has 1 aromatic carbocycles. The van der Waals surface area contributed by atoms with Gasteiger partial charge in [0.2, 0.25) is 17.7 Å². The summed E-state index contributed by atoms with van der Waals surface area (Å²) in [7, 11) is 0. The molecule has 0 aliphatic carbocycles. The average Bonchev–Trinajstić information content (AvgIpc) is 2.69. The Morgan fingerprint density at radius 2 is 1.58 bits per heavy atom. The highest BCUT2D eigenvalue weighted by Gasteiger charge is 2.31. The average molecular weight is 437 g/mol. The number of nitrogens with two attached hydrogens (primary N) is 1. The third kappa shape index (κ3) is 9.58. The van der Waals surface area contributed by atoms with E-state index in [0.29, 0.717) is 0 Å². The Hall–Kier alpha value is -2.98. The number of aliphatic hydroxyl groups excluding tert-OH is 1. The Morgan fingerprint density at radius 3 is 2.10 bits per heavy atom. The summed E-state index contributed by atoms with van der Waals surface area (Å²) >= 11 is 0. The lowest BCUT2D eigenvalue weighted by molar-refractivity contribution is -0.139. The Morgan fingerprint density at radius 1 is 0.968 bits per heavy atom. The van der Waals surface area contributed by atoms with E-state index in [4.69, 9.17) is 10.8 Å². The molecule has 0 spiro atoms. The highest BCUT2D eigenvalue weighted by atomic mass is 16.4. The van der Waals surface area contributed by atoms with E-state index in [9.17, 15) is 24.3 Å². The van der Waals surface area contributed by atoms with E-state index < -0.39 is 54.5 Å². The van der Waals surface area contributed by atoms with Crippen molar-refractivity contribution in [3.63, 3.8) is 0 Å². The Kier molecular flexibility index (Phi) is 10.6. The Bertz CT molecular complexity index is 753. The number of carbonyl (C=O) groups is 4. The number of carboxylic acid groups (broad SMARTS) is 1. The lowest BCUT2D eigenvalue weighted by atomic mass is 10.0. The maximum absolute atomic E-state index is 12.8. The van der Waals surface area contributed by atoms with Crippen LogP contribution in [0.25, 0.3) is 0 Å². The molecule has 3 amide bonds. The number of carboxylic acids is 1. The second-order valence-corrected chi connectivity index (χ2v) is 7.83. The van der Waals surface area contributed by atoms with Gasteiger partial charge in [-0.15, -0.1) is 0 Å². The number of hydrogen-bond donors (Lipinski definition) is 6. The van der Waals surface area contributed by atoms with Gasteiger partial charge in [0.05, 0.1) is 12.1 Å². The van der Waals surface area contributed by atoms with E-state index in [1.807, 2.05) is 44.2 Å². The number of amides is 3. The van der Waals surface area contributed by atoms with Crippen LogP contribution in [0, 0.1) is 5.92 Å². The zero-order valence-corrected chi connectivity index (χ0v) is 18.0. The van der Waals surface area contributed by atoms with Gasteiger partial charge in [-0.1, -0.05) is 44.2 Å². The minimum absolute atomic E-state index is 0.0345. The highest BCUT2D eigenvalue weighted by Crippen LogP contribution is 2.08. The third-order valence-electron chi connectivity index (χ3n) is 4.45. The van der Waals surface area contributed by atoms with Gasteiger partial charge in [0, 0.05) is 0 Å². The van der Waals surface area contributed by atoms with Crippen LogP contribution in [0.3, 0.4) is 0 Å². The molecule has 0 bridgehead atoms. The van der Waals surface area contributed by atoms with Crippen LogP contribution in [0.15, 0.2) is 30.3 Å². The number of nitrogens with one attached hydrogen (secondary N) is 3. The van der Waals surface area contributed by atoms with Crippen molar-refractivity contribution in [3.05, 3.63) is 35.9 Å². The molecule has 0 saturated heterocycles. The molecule has 4 atom stereocenters. The fraction of sp³-hybridized carbons (Fsp3) is 0.524. The predicted molar refractivity (Wildman–Crippen MR) is 114 cm³/mol. The van der Waals surface area contributed by atoms with Crippen LogP contribution < -0.4 is 21.7 Å². The van der Waals surface area contributed by atoms with Crippen molar-refractivity contribution in [1.29, 1.82) is 0 Å². The maximum Gasteiger partial charge on any atom is 0.322 e. The summed E-state index contributed by atoms with van der Waals surface area (Å²) in [6.07, 6.45) is -0.719. The van der Waals surface area contributed by atoms with Crippen LogP contribution >= 0.6 is 0 Å². The van der Waals surface area contributed by atoms with Crippen molar-refractivity contribution in [1.82, 2.24) is 16.0 Å². The molecule has 1 rings (SSSR count). The van der Waals surface area contributed by atoms with Crippen LogP contribution in [0.5, 0.6) is 0 Å². The van der Waals surface area contributed by atoms with Crippen molar-refractivity contribution >= 4 is 23.7 Å². The molecule has 0 heterocycles. The predicted octanol–water partition coefficient (Wildman–Crippen LogP) is -0.846. The molecule has 1 aromatic rings. The molecule has 4 unspecified atom stereocenters. The fourth-order valence-electron chi connectivity index (χ4n) is 2.87. The van der Waals surface area contributed by atoms with Crippen molar-refractivity contribution < 1.29 is 29.4 Å². The molecule has 7 N–H and O–H groups in total. The lowest BCUT2D eigenvalue weighted by Crippen LogP contribution is -2.59. The molecular weight excluding hydrogens is 404 g/mol. The molecule has 0 aliphatic heterocycles. The first-order chi connectivity index (χ1) is 14.5. The summed E-state index contributed by atoms with van der Waals surface area (Å²) in [5.41, 5.74) is 6.86. The monoisotopic (exact) mass is 436 g/mol. The van der Waals surface area contributed by atoms with E-state index in [1.165, 1.54) is 6.92 Å². The number of carbonyl (C=O) groups excluding carboxylic acids is 3. The molecule has 0 aromatic heterocycles. The van der Waals surface area contributed by atoms with Crippen molar-refractivity contribution in [2.75, 3.05) is 6.54 Å². The normalized spacial score (nSPS) is 14.8. The van der Waals surface area contributed by atoms with E-state index in [2.05, 4.69) is 16.0 Å². The topological polar surface area (TPSA) is 171 Å². The number of rotatable bonds is 12. The smallest absolute Gasteiger partial charge is 0.322 e. The maximum atomic E-state index is 12.8. The van der Waals surface area contributed by atoms with Crippen molar-refractivity contribution in [2.45, 2.75) is 57.8 Å². The van der Waals surface area contributed by atoms with Gasteiger partial charge in [-0.3, -0.25) is 19.2 Å². The van der Waals surface area contributed by atoms with Gasteiger partial charge in [0.25, 0.3) is 0 Å². The highest BCUT2D eigenvalue weighted by molar-refractivity contribution is 5.94. The molecule has 0 saturated carbocycles. The van der Waals surface area contributed by atoms with Gasteiger partial charge in [-0.25, -0.2) is 0 Å². The number of hydrogen-bond acceptors (Lipinski definition) is 6. The van der Waals surface area contributed by atoms with Crippen LogP contribution in [-0.4, -0.2) is 64.7 Å². The van der Waals surface area contributed by atoms with Crippen molar-refractivity contribution in [2.24, 2.45) is 11.7 Å². The van der Waals surface area contributed by atoms with Gasteiger partial charge in [0.1, 0.15) is 18.6 Å². The largest absolute Gasteiger partial charge is 0.480 e. The first-order valence-corrected chi connectivity index (χ1v) is 10.1. The van der Waals surface area contributed by atoms with Gasteiger partial charge >= 0.3 is 5.97 Å². The summed E-state index contributed by atoms with van der Waals surface area (Å²) in [6, 6.07) is 5.96. The molecular formula is C21H32N4O6. The SMILES string of the molecule is CC(C)CC(NC(=O)C(N)Cc1ccccc1)C(=O)NC(C(=O)NCC(=O)O)C(C)O. The van der Waals surface area contributed by atoms with Gasteiger partial charge in [-0.2, -0.15) is 0 Å². The summed E-state index contributed by atoms with van der Waals surface area (Å²) in [5.74, 6) is -3.27. The molecule has 31 heavy (non-hydrogen) atoms. The summed E-state index contributed by atoms with van der Waals surface area (Å²) in [5, 5.41) is 25.7. The summed E-state index contributed by atoms with van der Waals surface area (Å²) < 4.78 is 0. The molecule has 10 nitrogen and oxygen atoms in total. The molecule has 0 fully saturated rings. The third-order valence-corrected chi connectivity index (χ3v) is 4.45. The van der Waals surface area contributed by atoms with Gasteiger partial charge < -0.3 is 31.9 Å². The summed E-state index contributed by atoms with van der Waals surface area (Å²) in [6.45, 7) is 4.36. The molecule has 0 aliphatic rings. The fourth-order valence-corrected chi connectivity index (χ4v) is 2.87. The zero-order valence-electron chi connectivity index (χ0n) is 18.0. The van der Waals surface area contributed by atoms with Crippen LogP contribution in [-0.2, 0) is 25.6 Å². The quantitative estimate of drug-likeness (QED) is 0.248. The van der Waals surface area contributed by atoms with E-state index >= 15 is 0 Å². The number of aliphatic carboxylic acids is 1. The van der Waals surface area contributed by atoms with E-state index in [1.54, 1.807) is 0 Å². The molecule has 10 heteroatoms. The Labute approximate surface area is 181 Å². The van der Waals surface area contributed by atoms with Crippen molar-refractivity contribution in [3.8, 4) is 0 Å². The standard InChI is InChI=1S/C21H32N4O6/c1-12(2)9-16(24-19(29)15(22)10-14-7-5-4-6-8-14)20(30)25-18(13(3)26)21(31)23-11-17(27)28/h4-8,12-13,15-16,18,26H,9-11,22H2,1-3H3,(H,23,31)(H,24,29)(H,25,30)(H,27,28). The minimum atomic E-state index is -1.38. The lowest BCUT2D eigenvalue weighted by Gasteiger charge is -2.26. The minimum Gasteiger partial charge on any atom is -0.480 e. The van der Waals surface area contributed by atoms with Crippen LogP contribution in [0.4, 0.5) is 0 Å². The zero-order chi connectivity index (χ0) is 23.6. The molecule has 172 valence electrons. The first-order valence-electron chi connectivity index (χ1n) is 10.1. The first kappa shape index (κ1) is 26.1. The second kappa shape index (κ2) is 12.7. The molecule has 0 radical (unpaired) electrons. The van der Waals surface area contributed by atoms with Gasteiger partial charge in [-0.05, 0) is 31.2 Å². The van der Waals surface area contributed by atoms with Gasteiger partial charge in [0.15, 0.2) is 0 Å². The van der Waals surface area contributed by atoms with E-state index in [-0.39, 0.29) is 18.8 Å². The Balaban J connectivity index is 2.83. The van der Waals surface area contributed by atoms with E-state index in [0.717, 1.165) is 5.56 Å². The number of benzene rings is 1. The second-order valence-electron chi connectivity index (χ2n) is 7.83. The van der Waals surface area contributed by atoms with Crippen LogP contribution in [0.2, 0.25) is 0 Å². The summed E-state index contributed by atoms with van der Waals surface area (Å²) in [4.78, 5) is 48.1. The van der Waals surface area contributed by atoms with Crippen LogP contribution in [0.1, 0.15) is 32.8 Å². The number of aliphatic hydroxyl groups is 1.